The molecule has 2 aromatic heterocycles. The maximum absolute atomic E-state index is 10.5. The second-order valence-corrected chi connectivity index (χ2v) is 5.35. The molecule has 0 bridgehead atoms. The molecule has 0 aliphatic carbocycles. The van der Waals surface area contributed by atoms with Gasteiger partial charge in [-0.2, -0.15) is 5.10 Å². The third-order valence-corrected chi connectivity index (χ3v) is 3.53. The van der Waals surface area contributed by atoms with Gasteiger partial charge in [-0.1, -0.05) is 35.4 Å². The minimum Gasteiger partial charge on any atom is -0.388 e. The molecular weight excluding hydrogens is 248 g/mol. The average molecular weight is 266 g/mol. The Morgan fingerprint density at radius 1 is 1.15 bits per heavy atom. The molecule has 0 radical (unpaired) electrons. The van der Waals surface area contributed by atoms with E-state index in [1.807, 2.05) is 24.4 Å². The van der Waals surface area contributed by atoms with E-state index in [4.69, 9.17) is 0 Å². The fourth-order valence-electron chi connectivity index (χ4n) is 2.73. The number of aliphatic hydroxyl groups excluding tert-OH is 1. The summed E-state index contributed by atoms with van der Waals surface area (Å²) in [6, 6.07) is 12.3. The predicted molar refractivity (Wildman–Crippen MR) is 79.8 cm³/mol. The highest BCUT2D eigenvalue weighted by Gasteiger charge is 2.14. The first kappa shape index (κ1) is 12.9. The van der Waals surface area contributed by atoms with Crippen LogP contribution in [0.3, 0.4) is 0 Å². The molecule has 0 amide bonds. The van der Waals surface area contributed by atoms with Gasteiger partial charge in [0.05, 0.1) is 17.8 Å². The summed E-state index contributed by atoms with van der Waals surface area (Å²) in [5.41, 5.74) is 5.46. The lowest BCUT2D eigenvalue weighted by Crippen LogP contribution is -2.02. The van der Waals surface area contributed by atoms with E-state index in [0.29, 0.717) is 6.42 Å². The number of aryl methyl sites for hydroxylation is 2. The zero-order chi connectivity index (χ0) is 14.1. The number of nitrogens with zero attached hydrogens (tertiary/aromatic N) is 2. The number of fused-ring (bicyclic) bond motifs is 1. The molecule has 3 aromatic rings. The van der Waals surface area contributed by atoms with Crippen molar-refractivity contribution in [3.63, 3.8) is 0 Å². The van der Waals surface area contributed by atoms with Crippen molar-refractivity contribution < 1.29 is 5.11 Å². The van der Waals surface area contributed by atoms with Gasteiger partial charge in [0.2, 0.25) is 0 Å². The molecule has 3 rings (SSSR count). The Hall–Kier alpha value is -2.13. The lowest BCUT2D eigenvalue weighted by Gasteiger charge is -2.11. The van der Waals surface area contributed by atoms with E-state index < -0.39 is 6.10 Å². The third kappa shape index (κ3) is 2.45. The van der Waals surface area contributed by atoms with Crippen LogP contribution in [0.15, 0.2) is 48.8 Å². The molecule has 0 aliphatic heterocycles. The Morgan fingerprint density at radius 3 is 2.65 bits per heavy atom. The first-order valence-electron chi connectivity index (χ1n) is 6.81. The molecule has 0 fully saturated rings. The van der Waals surface area contributed by atoms with Crippen LogP contribution in [0.4, 0.5) is 0 Å². The second-order valence-electron chi connectivity index (χ2n) is 5.35. The van der Waals surface area contributed by atoms with Crippen LogP contribution in [-0.4, -0.2) is 14.7 Å². The van der Waals surface area contributed by atoms with Gasteiger partial charge >= 0.3 is 0 Å². The fraction of sp³-hybridized carbons (Fsp3) is 0.235. The number of pyridine rings is 1. The minimum atomic E-state index is -0.531. The van der Waals surface area contributed by atoms with E-state index in [2.05, 4.69) is 37.1 Å². The SMILES string of the molecule is Cc1cc(C)cc(CC(O)c2cnn3ccccc23)c1. The van der Waals surface area contributed by atoms with Gasteiger partial charge in [-0.25, -0.2) is 4.52 Å². The summed E-state index contributed by atoms with van der Waals surface area (Å²) in [6.45, 7) is 4.16. The Balaban J connectivity index is 1.91. The molecule has 0 spiro atoms. The summed E-state index contributed by atoms with van der Waals surface area (Å²) in [4.78, 5) is 0. The van der Waals surface area contributed by atoms with Crippen molar-refractivity contribution in [1.82, 2.24) is 9.61 Å². The van der Waals surface area contributed by atoms with Gasteiger partial charge in [0.25, 0.3) is 0 Å². The summed E-state index contributed by atoms with van der Waals surface area (Å²) in [5, 5.41) is 14.8. The highest BCUT2D eigenvalue weighted by atomic mass is 16.3. The van der Waals surface area contributed by atoms with Crippen molar-refractivity contribution in [2.75, 3.05) is 0 Å². The van der Waals surface area contributed by atoms with E-state index in [1.165, 1.54) is 11.1 Å². The highest BCUT2D eigenvalue weighted by molar-refractivity contribution is 5.54. The maximum Gasteiger partial charge on any atom is 0.0867 e. The zero-order valence-corrected chi connectivity index (χ0v) is 11.7. The monoisotopic (exact) mass is 266 g/mol. The Bertz CT molecular complexity index is 725. The van der Waals surface area contributed by atoms with Gasteiger partial charge in [0.15, 0.2) is 0 Å². The second kappa shape index (κ2) is 5.10. The molecule has 1 N–H and O–H groups in total. The molecule has 1 aromatic carbocycles. The Labute approximate surface area is 118 Å². The van der Waals surface area contributed by atoms with Gasteiger partial charge in [-0.05, 0) is 31.5 Å². The highest BCUT2D eigenvalue weighted by Crippen LogP contribution is 2.23. The third-order valence-electron chi connectivity index (χ3n) is 3.53. The van der Waals surface area contributed by atoms with Crippen LogP contribution >= 0.6 is 0 Å². The molecule has 20 heavy (non-hydrogen) atoms. The average Bonchev–Trinajstić information content (AvgIpc) is 2.81. The minimum absolute atomic E-state index is 0.531. The van der Waals surface area contributed by atoms with Gasteiger partial charge < -0.3 is 5.11 Å². The molecular formula is C17H18N2O. The molecule has 3 heteroatoms. The number of hydrogen-bond donors (Lipinski definition) is 1. The number of aromatic nitrogens is 2. The molecule has 0 saturated heterocycles. The number of aliphatic hydroxyl groups is 1. The summed E-state index contributed by atoms with van der Waals surface area (Å²) in [5.74, 6) is 0. The van der Waals surface area contributed by atoms with Crippen molar-refractivity contribution in [1.29, 1.82) is 0 Å². The predicted octanol–water partition coefficient (Wildman–Crippen LogP) is 3.23. The molecule has 1 unspecified atom stereocenters. The number of hydrogen-bond acceptors (Lipinski definition) is 2. The lowest BCUT2D eigenvalue weighted by molar-refractivity contribution is 0.180. The van der Waals surface area contributed by atoms with Gasteiger partial charge in [-0.3, -0.25) is 0 Å². The van der Waals surface area contributed by atoms with Gasteiger partial charge in [0.1, 0.15) is 0 Å². The first-order chi connectivity index (χ1) is 9.63. The van der Waals surface area contributed by atoms with E-state index in [-0.39, 0.29) is 0 Å². The fourth-order valence-corrected chi connectivity index (χ4v) is 2.73. The molecule has 1 atom stereocenters. The summed E-state index contributed by atoms with van der Waals surface area (Å²) in [7, 11) is 0. The van der Waals surface area contributed by atoms with Crippen molar-refractivity contribution in [3.8, 4) is 0 Å². The zero-order valence-electron chi connectivity index (χ0n) is 11.7. The molecule has 0 aliphatic rings. The first-order valence-corrected chi connectivity index (χ1v) is 6.81. The van der Waals surface area contributed by atoms with Crippen molar-refractivity contribution in [3.05, 3.63) is 71.0 Å². The van der Waals surface area contributed by atoms with Crippen LogP contribution < -0.4 is 0 Å². The quantitative estimate of drug-likeness (QED) is 0.790. The van der Waals surface area contributed by atoms with Crippen LogP contribution in [-0.2, 0) is 6.42 Å². The largest absolute Gasteiger partial charge is 0.388 e. The van der Waals surface area contributed by atoms with Crippen LogP contribution in [0.25, 0.3) is 5.52 Å². The summed E-state index contributed by atoms with van der Waals surface area (Å²) < 4.78 is 1.79. The summed E-state index contributed by atoms with van der Waals surface area (Å²) >= 11 is 0. The molecule has 0 saturated carbocycles. The van der Waals surface area contributed by atoms with Crippen molar-refractivity contribution in [2.24, 2.45) is 0 Å². The smallest absolute Gasteiger partial charge is 0.0867 e. The molecule has 3 nitrogen and oxygen atoms in total. The van der Waals surface area contributed by atoms with E-state index in [9.17, 15) is 5.11 Å². The van der Waals surface area contributed by atoms with Gasteiger partial charge in [-0.15, -0.1) is 0 Å². The topological polar surface area (TPSA) is 37.5 Å². The lowest BCUT2D eigenvalue weighted by atomic mass is 9.99. The molecule has 102 valence electrons. The van der Waals surface area contributed by atoms with E-state index in [1.54, 1.807) is 10.7 Å². The van der Waals surface area contributed by atoms with Gasteiger partial charge in [0, 0.05) is 18.2 Å². The van der Waals surface area contributed by atoms with Crippen LogP contribution in [0.5, 0.6) is 0 Å². The Morgan fingerprint density at radius 2 is 1.90 bits per heavy atom. The van der Waals surface area contributed by atoms with Crippen molar-refractivity contribution >= 4 is 5.52 Å². The van der Waals surface area contributed by atoms with Crippen molar-refractivity contribution in [2.45, 2.75) is 26.4 Å². The van der Waals surface area contributed by atoms with E-state index >= 15 is 0 Å². The maximum atomic E-state index is 10.5. The standard InChI is InChI=1S/C17H18N2O/c1-12-7-13(2)9-14(8-12)10-17(20)15-11-18-19-6-4-3-5-16(15)19/h3-9,11,17,20H,10H2,1-2H3. The van der Waals surface area contributed by atoms with Crippen LogP contribution in [0.1, 0.15) is 28.4 Å². The molecule has 2 heterocycles. The summed E-state index contributed by atoms with van der Waals surface area (Å²) in [6.07, 6.45) is 3.72. The van der Waals surface area contributed by atoms with E-state index in [0.717, 1.165) is 16.6 Å². The Kier molecular flexibility index (Phi) is 3.28. The van der Waals surface area contributed by atoms with Crippen LogP contribution in [0.2, 0.25) is 0 Å². The number of rotatable bonds is 3. The number of benzene rings is 1. The van der Waals surface area contributed by atoms with Crippen LogP contribution in [0, 0.1) is 13.8 Å². The normalized spacial score (nSPS) is 12.8.